The molecule has 0 saturated heterocycles. The van der Waals surface area contributed by atoms with E-state index in [9.17, 15) is 4.79 Å². The maximum atomic E-state index is 12.3. The van der Waals surface area contributed by atoms with Gasteiger partial charge >= 0.3 is 0 Å². The fourth-order valence-electron chi connectivity index (χ4n) is 2.59. The molecule has 0 aliphatic rings. The number of hydrogen-bond acceptors (Lipinski definition) is 2. The van der Waals surface area contributed by atoms with Gasteiger partial charge in [0.25, 0.3) is 0 Å². The topological polar surface area (TPSA) is 20.3 Å². The summed E-state index contributed by atoms with van der Waals surface area (Å²) in [6.45, 7) is 1.17. The maximum absolute atomic E-state index is 12.3. The van der Waals surface area contributed by atoms with Crippen LogP contribution in [0.15, 0.2) is 60.7 Å². The SMILES string of the molecule is CN(C)CCCCC/C=C\c1ccc(C(=O)c2ccccc2)cc1. The lowest BCUT2D eigenvalue weighted by Crippen LogP contribution is -2.12. The lowest BCUT2D eigenvalue weighted by molar-refractivity contribution is 0.103. The van der Waals surface area contributed by atoms with Crippen LogP contribution in [-0.4, -0.2) is 31.3 Å². The predicted octanol–water partition coefficient (Wildman–Crippen LogP) is 5.05. The second kappa shape index (κ2) is 9.84. The van der Waals surface area contributed by atoms with Crippen LogP contribution in [0.5, 0.6) is 0 Å². The number of allylic oxidation sites excluding steroid dienone is 1. The Balaban J connectivity index is 1.80. The Hall–Kier alpha value is -2.19. The molecule has 0 spiro atoms. The van der Waals surface area contributed by atoms with Gasteiger partial charge in [-0.25, -0.2) is 0 Å². The smallest absolute Gasteiger partial charge is 0.193 e. The summed E-state index contributed by atoms with van der Waals surface area (Å²) in [6, 6.07) is 17.3. The predicted molar refractivity (Wildman–Crippen MR) is 102 cm³/mol. The first-order valence-electron chi connectivity index (χ1n) is 8.68. The zero-order valence-corrected chi connectivity index (χ0v) is 14.7. The highest BCUT2D eigenvalue weighted by Crippen LogP contribution is 2.12. The van der Waals surface area contributed by atoms with E-state index in [1.807, 2.05) is 54.6 Å². The summed E-state index contributed by atoms with van der Waals surface area (Å²) in [7, 11) is 4.23. The van der Waals surface area contributed by atoms with E-state index in [-0.39, 0.29) is 5.78 Å². The molecular formula is C22H27NO. The minimum atomic E-state index is 0.0759. The van der Waals surface area contributed by atoms with Crippen molar-refractivity contribution >= 4 is 11.9 Å². The van der Waals surface area contributed by atoms with E-state index in [4.69, 9.17) is 0 Å². The summed E-state index contributed by atoms with van der Waals surface area (Å²) < 4.78 is 0. The minimum absolute atomic E-state index is 0.0759. The first-order chi connectivity index (χ1) is 11.7. The van der Waals surface area contributed by atoms with Gasteiger partial charge in [-0.3, -0.25) is 4.79 Å². The van der Waals surface area contributed by atoms with Crippen LogP contribution in [0.2, 0.25) is 0 Å². The van der Waals surface area contributed by atoms with Gasteiger partial charge in [-0.2, -0.15) is 0 Å². The number of rotatable bonds is 9. The van der Waals surface area contributed by atoms with Crippen molar-refractivity contribution in [1.29, 1.82) is 0 Å². The molecule has 0 saturated carbocycles. The van der Waals surface area contributed by atoms with Crippen LogP contribution >= 0.6 is 0 Å². The Morgan fingerprint density at radius 2 is 1.54 bits per heavy atom. The van der Waals surface area contributed by atoms with Crippen molar-refractivity contribution in [2.75, 3.05) is 20.6 Å². The third-order valence-electron chi connectivity index (χ3n) is 4.00. The lowest BCUT2D eigenvalue weighted by atomic mass is 10.0. The van der Waals surface area contributed by atoms with Crippen molar-refractivity contribution in [3.63, 3.8) is 0 Å². The van der Waals surface area contributed by atoms with Gasteiger partial charge in [0.15, 0.2) is 5.78 Å². The minimum Gasteiger partial charge on any atom is -0.309 e. The highest BCUT2D eigenvalue weighted by Gasteiger charge is 2.07. The van der Waals surface area contributed by atoms with Crippen molar-refractivity contribution in [3.8, 4) is 0 Å². The number of benzene rings is 2. The van der Waals surface area contributed by atoms with Crippen LogP contribution in [0.1, 0.15) is 47.2 Å². The van der Waals surface area contributed by atoms with E-state index in [1.54, 1.807) is 0 Å². The third kappa shape index (κ3) is 6.13. The Labute approximate surface area is 145 Å². The van der Waals surface area contributed by atoms with E-state index in [0.717, 1.165) is 23.1 Å². The molecular weight excluding hydrogens is 294 g/mol. The van der Waals surface area contributed by atoms with Crippen LogP contribution in [-0.2, 0) is 0 Å². The van der Waals surface area contributed by atoms with E-state index in [2.05, 4.69) is 31.1 Å². The fourth-order valence-corrected chi connectivity index (χ4v) is 2.59. The molecule has 24 heavy (non-hydrogen) atoms. The molecule has 0 N–H and O–H groups in total. The zero-order valence-electron chi connectivity index (χ0n) is 14.7. The Morgan fingerprint density at radius 3 is 2.21 bits per heavy atom. The van der Waals surface area contributed by atoms with Crippen molar-refractivity contribution in [1.82, 2.24) is 4.90 Å². The van der Waals surface area contributed by atoms with Crippen LogP contribution in [0.3, 0.4) is 0 Å². The molecule has 0 aromatic heterocycles. The van der Waals surface area contributed by atoms with Crippen LogP contribution in [0, 0.1) is 0 Å². The summed E-state index contributed by atoms with van der Waals surface area (Å²) in [6.07, 6.45) is 9.24. The van der Waals surface area contributed by atoms with Crippen molar-refractivity contribution in [3.05, 3.63) is 77.4 Å². The number of carbonyl (C=O) groups is 1. The Kier molecular flexibility index (Phi) is 7.44. The van der Waals surface area contributed by atoms with Gasteiger partial charge < -0.3 is 4.90 Å². The molecule has 0 heterocycles. The van der Waals surface area contributed by atoms with Gasteiger partial charge in [0.1, 0.15) is 0 Å². The molecule has 0 bridgehead atoms. The Morgan fingerprint density at radius 1 is 0.875 bits per heavy atom. The highest BCUT2D eigenvalue weighted by molar-refractivity contribution is 6.09. The molecule has 0 unspecified atom stereocenters. The van der Waals surface area contributed by atoms with Crippen molar-refractivity contribution in [2.24, 2.45) is 0 Å². The second-order valence-corrected chi connectivity index (χ2v) is 6.37. The van der Waals surface area contributed by atoms with Gasteiger partial charge in [-0.15, -0.1) is 0 Å². The summed E-state index contributed by atoms with van der Waals surface area (Å²) >= 11 is 0. The first-order valence-corrected chi connectivity index (χ1v) is 8.68. The number of unbranched alkanes of at least 4 members (excludes halogenated alkanes) is 3. The van der Waals surface area contributed by atoms with E-state index in [1.165, 1.54) is 25.8 Å². The molecule has 2 heteroatoms. The molecule has 2 rings (SSSR count). The van der Waals surface area contributed by atoms with E-state index in [0.29, 0.717) is 0 Å². The zero-order chi connectivity index (χ0) is 17.2. The third-order valence-corrected chi connectivity index (χ3v) is 4.00. The second-order valence-electron chi connectivity index (χ2n) is 6.37. The van der Waals surface area contributed by atoms with E-state index >= 15 is 0 Å². The highest BCUT2D eigenvalue weighted by atomic mass is 16.1. The number of carbonyl (C=O) groups excluding carboxylic acids is 1. The molecule has 0 atom stereocenters. The normalized spacial score (nSPS) is 11.3. The van der Waals surface area contributed by atoms with E-state index < -0.39 is 0 Å². The van der Waals surface area contributed by atoms with Crippen LogP contribution in [0.25, 0.3) is 6.08 Å². The average Bonchev–Trinajstić information content (AvgIpc) is 2.61. The van der Waals surface area contributed by atoms with Gasteiger partial charge in [0.2, 0.25) is 0 Å². The standard InChI is InChI=1S/C22H27NO/c1-23(2)18-10-5-3-4-7-11-19-14-16-21(17-15-19)22(24)20-12-8-6-9-13-20/h6-9,11-17H,3-5,10,18H2,1-2H3/b11-7-. The van der Waals surface area contributed by atoms with Crippen molar-refractivity contribution < 1.29 is 4.79 Å². The Bertz CT molecular complexity index is 641. The first kappa shape index (κ1) is 18.2. The van der Waals surface area contributed by atoms with Gasteiger partial charge in [-0.1, -0.05) is 73.2 Å². The molecule has 0 radical (unpaired) electrons. The fraction of sp³-hybridized carbons (Fsp3) is 0.318. The lowest BCUT2D eigenvalue weighted by Gasteiger charge is -2.07. The molecule has 2 nitrogen and oxygen atoms in total. The number of nitrogens with zero attached hydrogens (tertiary/aromatic N) is 1. The largest absolute Gasteiger partial charge is 0.309 e. The molecule has 2 aromatic rings. The van der Waals surface area contributed by atoms with Gasteiger partial charge in [-0.05, 0) is 45.5 Å². The molecule has 0 amide bonds. The molecule has 126 valence electrons. The van der Waals surface area contributed by atoms with Gasteiger partial charge in [0.05, 0.1) is 0 Å². The summed E-state index contributed by atoms with van der Waals surface area (Å²) in [5.74, 6) is 0.0759. The summed E-state index contributed by atoms with van der Waals surface area (Å²) in [5, 5.41) is 0. The molecule has 0 fully saturated rings. The maximum Gasteiger partial charge on any atom is 0.193 e. The molecule has 0 aliphatic heterocycles. The number of ketones is 1. The van der Waals surface area contributed by atoms with Crippen LogP contribution < -0.4 is 0 Å². The average molecular weight is 321 g/mol. The quantitative estimate of drug-likeness (QED) is 0.475. The monoisotopic (exact) mass is 321 g/mol. The summed E-state index contributed by atoms with van der Waals surface area (Å²) in [4.78, 5) is 14.6. The molecule has 0 aliphatic carbocycles. The molecule has 2 aromatic carbocycles. The van der Waals surface area contributed by atoms with Gasteiger partial charge in [0, 0.05) is 11.1 Å². The van der Waals surface area contributed by atoms with Crippen molar-refractivity contribution in [2.45, 2.75) is 25.7 Å². The number of hydrogen-bond donors (Lipinski definition) is 0. The van der Waals surface area contributed by atoms with Crippen LogP contribution in [0.4, 0.5) is 0 Å². The summed E-state index contributed by atoms with van der Waals surface area (Å²) in [5.41, 5.74) is 2.62.